The van der Waals surface area contributed by atoms with Crippen molar-refractivity contribution >= 4 is 12.2 Å². The van der Waals surface area contributed by atoms with Crippen LogP contribution in [0.5, 0.6) is 5.75 Å². The number of ether oxygens (including phenoxy) is 1. The summed E-state index contributed by atoms with van der Waals surface area (Å²) in [5, 5.41) is 9.10. The van der Waals surface area contributed by atoms with Crippen molar-refractivity contribution in [1.29, 1.82) is 5.26 Å². The Morgan fingerprint density at radius 1 is 1.06 bits per heavy atom. The Labute approximate surface area is 107 Å². The second kappa shape index (κ2) is 5.70. The summed E-state index contributed by atoms with van der Waals surface area (Å²) in [6, 6.07) is 17.6. The van der Waals surface area contributed by atoms with Crippen molar-refractivity contribution in [3.8, 4) is 11.8 Å². The number of methoxy groups -OCH3 is 1. The molecular weight excluding hydrogens is 222 g/mol. The van der Waals surface area contributed by atoms with Gasteiger partial charge in [0.25, 0.3) is 0 Å². The van der Waals surface area contributed by atoms with Gasteiger partial charge in [-0.3, -0.25) is 0 Å². The average molecular weight is 235 g/mol. The molecule has 0 amide bonds. The van der Waals surface area contributed by atoms with Gasteiger partial charge in [-0.2, -0.15) is 5.26 Å². The number of benzene rings is 2. The predicted octanol–water partition coefficient (Wildman–Crippen LogP) is 3.74. The molecule has 2 nitrogen and oxygen atoms in total. The first-order valence-electron chi connectivity index (χ1n) is 5.65. The van der Waals surface area contributed by atoms with Crippen molar-refractivity contribution in [2.45, 2.75) is 0 Å². The molecular formula is C16H13NO. The molecule has 88 valence electrons. The lowest BCUT2D eigenvalue weighted by molar-refractivity contribution is 0.414. The molecule has 0 radical (unpaired) electrons. The van der Waals surface area contributed by atoms with Gasteiger partial charge < -0.3 is 4.74 Å². The Kier molecular flexibility index (Phi) is 3.78. The van der Waals surface area contributed by atoms with Gasteiger partial charge in [0.2, 0.25) is 0 Å². The molecule has 0 aliphatic carbocycles. The smallest absolute Gasteiger partial charge is 0.120 e. The normalized spacial score (nSPS) is 10.2. The molecule has 2 heteroatoms. The quantitative estimate of drug-likeness (QED) is 0.759. The first kappa shape index (κ1) is 11.9. The number of hydrogen-bond donors (Lipinski definition) is 0. The number of nitrogens with zero attached hydrogens (tertiary/aromatic N) is 1. The van der Waals surface area contributed by atoms with Gasteiger partial charge in [0, 0.05) is 0 Å². The predicted molar refractivity (Wildman–Crippen MR) is 73.1 cm³/mol. The highest BCUT2D eigenvalue weighted by Crippen LogP contribution is 2.19. The Hall–Kier alpha value is -2.53. The van der Waals surface area contributed by atoms with Gasteiger partial charge in [-0.1, -0.05) is 42.5 Å². The molecule has 2 aromatic carbocycles. The summed E-state index contributed by atoms with van der Waals surface area (Å²) in [5.41, 5.74) is 2.61. The van der Waals surface area contributed by atoms with Crippen LogP contribution in [-0.4, -0.2) is 7.11 Å². The Balaban J connectivity index is 2.30. The molecule has 0 aromatic heterocycles. The minimum absolute atomic E-state index is 0.613. The zero-order chi connectivity index (χ0) is 12.8. The monoisotopic (exact) mass is 235 g/mol. The maximum absolute atomic E-state index is 9.10. The standard InChI is InChI=1S/C16H13NO/c1-18-16-10-9-14(15(11-16)12-17)8-7-13-5-3-2-4-6-13/h2-11H,1H3/b8-7+. The number of rotatable bonds is 3. The van der Waals surface area contributed by atoms with Gasteiger partial charge in [0.05, 0.1) is 18.7 Å². The van der Waals surface area contributed by atoms with E-state index in [9.17, 15) is 0 Å². The van der Waals surface area contributed by atoms with E-state index in [0.29, 0.717) is 11.3 Å². The van der Waals surface area contributed by atoms with E-state index in [0.717, 1.165) is 11.1 Å². The maximum Gasteiger partial charge on any atom is 0.120 e. The van der Waals surface area contributed by atoms with Gasteiger partial charge in [-0.25, -0.2) is 0 Å². The lowest BCUT2D eigenvalue weighted by atomic mass is 10.1. The second-order valence-electron chi connectivity index (χ2n) is 3.81. The number of hydrogen-bond acceptors (Lipinski definition) is 2. The molecule has 0 saturated heterocycles. The highest BCUT2D eigenvalue weighted by atomic mass is 16.5. The van der Waals surface area contributed by atoms with Crippen LogP contribution in [0.1, 0.15) is 16.7 Å². The third-order valence-corrected chi connectivity index (χ3v) is 2.64. The maximum atomic E-state index is 9.10. The van der Waals surface area contributed by atoms with Crippen molar-refractivity contribution in [2.24, 2.45) is 0 Å². The first-order chi connectivity index (χ1) is 8.83. The van der Waals surface area contributed by atoms with E-state index < -0.39 is 0 Å². The molecule has 2 rings (SSSR count). The summed E-state index contributed by atoms with van der Waals surface area (Å²) in [4.78, 5) is 0. The average Bonchev–Trinajstić information content (AvgIpc) is 2.46. The summed E-state index contributed by atoms with van der Waals surface area (Å²) in [5.74, 6) is 0.698. The molecule has 0 unspecified atom stereocenters. The van der Waals surface area contributed by atoms with Crippen molar-refractivity contribution in [3.63, 3.8) is 0 Å². The van der Waals surface area contributed by atoms with E-state index in [2.05, 4.69) is 6.07 Å². The van der Waals surface area contributed by atoms with Crippen LogP contribution in [0.3, 0.4) is 0 Å². The Morgan fingerprint density at radius 3 is 2.50 bits per heavy atom. The lowest BCUT2D eigenvalue weighted by Gasteiger charge is -2.02. The van der Waals surface area contributed by atoms with Crippen LogP contribution in [0.4, 0.5) is 0 Å². The van der Waals surface area contributed by atoms with Crippen molar-refractivity contribution in [1.82, 2.24) is 0 Å². The molecule has 0 aliphatic heterocycles. The fourth-order valence-corrected chi connectivity index (χ4v) is 1.65. The van der Waals surface area contributed by atoms with Gasteiger partial charge >= 0.3 is 0 Å². The SMILES string of the molecule is COc1ccc(/C=C/c2ccccc2)c(C#N)c1. The summed E-state index contributed by atoms with van der Waals surface area (Å²) < 4.78 is 5.10. The molecule has 18 heavy (non-hydrogen) atoms. The topological polar surface area (TPSA) is 33.0 Å². The summed E-state index contributed by atoms with van der Waals surface area (Å²) in [6.07, 6.45) is 3.93. The van der Waals surface area contributed by atoms with Crippen molar-refractivity contribution < 1.29 is 4.74 Å². The first-order valence-corrected chi connectivity index (χ1v) is 5.65. The van der Waals surface area contributed by atoms with Gasteiger partial charge in [0.1, 0.15) is 5.75 Å². The van der Waals surface area contributed by atoms with Gasteiger partial charge in [-0.15, -0.1) is 0 Å². The summed E-state index contributed by atoms with van der Waals surface area (Å²) in [6.45, 7) is 0. The largest absolute Gasteiger partial charge is 0.497 e. The third-order valence-electron chi connectivity index (χ3n) is 2.64. The van der Waals surface area contributed by atoms with Crippen LogP contribution in [-0.2, 0) is 0 Å². The molecule has 0 spiro atoms. The Bertz CT molecular complexity index is 594. The summed E-state index contributed by atoms with van der Waals surface area (Å²) >= 11 is 0. The van der Waals surface area contributed by atoms with Crippen molar-refractivity contribution in [3.05, 3.63) is 65.2 Å². The highest BCUT2D eigenvalue weighted by molar-refractivity contribution is 5.73. The van der Waals surface area contributed by atoms with E-state index in [4.69, 9.17) is 10.00 Å². The minimum atomic E-state index is 0.613. The zero-order valence-corrected chi connectivity index (χ0v) is 10.1. The molecule has 0 fully saturated rings. The van der Waals surface area contributed by atoms with E-state index in [1.165, 1.54) is 0 Å². The minimum Gasteiger partial charge on any atom is -0.497 e. The van der Waals surface area contributed by atoms with Crippen LogP contribution in [0.15, 0.2) is 48.5 Å². The van der Waals surface area contributed by atoms with Crippen molar-refractivity contribution in [2.75, 3.05) is 7.11 Å². The highest BCUT2D eigenvalue weighted by Gasteiger charge is 2.00. The fraction of sp³-hybridized carbons (Fsp3) is 0.0625. The fourth-order valence-electron chi connectivity index (χ4n) is 1.65. The van der Waals surface area contributed by atoms with Crippen LogP contribution >= 0.6 is 0 Å². The Morgan fingerprint density at radius 2 is 1.83 bits per heavy atom. The van der Waals surface area contributed by atoms with E-state index in [-0.39, 0.29) is 0 Å². The molecule has 0 atom stereocenters. The summed E-state index contributed by atoms with van der Waals surface area (Å²) in [7, 11) is 1.59. The van der Waals surface area contributed by atoms with Gasteiger partial charge in [-0.05, 0) is 29.3 Å². The van der Waals surface area contributed by atoms with Crippen LogP contribution < -0.4 is 4.74 Å². The molecule has 0 N–H and O–H groups in total. The van der Waals surface area contributed by atoms with E-state index >= 15 is 0 Å². The van der Waals surface area contributed by atoms with E-state index in [1.54, 1.807) is 13.2 Å². The molecule has 0 heterocycles. The van der Waals surface area contributed by atoms with Crippen LogP contribution in [0, 0.1) is 11.3 Å². The van der Waals surface area contributed by atoms with Crippen LogP contribution in [0.25, 0.3) is 12.2 Å². The molecule has 0 bridgehead atoms. The van der Waals surface area contributed by atoms with Gasteiger partial charge in [0.15, 0.2) is 0 Å². The van der Waals surface area contributed by atoms with Crippen LogP contribution in [0.2, 0.25) is 0 Å². The zero-order valence-electron chi connectivity index (χ0n) is 10.1. The molecule has 2 aromatic rings. The van der Waals surface area contributed by atoms with E-state index in [1.807, 2.05) is 54.6 Å². The second-order valence-corrected chi connectivity index (χ2v) is 3.81. The lowest BCUT2D eigenvalue weighted by Crippen LogP contribution is -1.86. The third kappa shape index (κ3) is 2.78. The molecule has 0 aliphatic rings. The molecule has 0 saturated carbocycles. The number of nitriles is 1.